The molecule has 1 N–H and O–H groups in total. The summed E-state index contributed by atoms with van der Waals surface area (Å²) in [4.78, 5) is 4.43. The van der Waals surface area contributed by atoms with Crippen LogP contribution < -0.4 is 5.32 Å². The number of hydrogen-bond donors (Lipinski definition) is 1. The normalized spacial score (nSPS) is 31.9. The number of halogens is 1. The number of hydrogen-bond acceptors (Lipinski definition) is 2. The fourth-order valence-electron chi connectivity index (χ4n) is 3.02. The molecule has 0 unspecified atom stereocenters. The molecule has 2 atom stereocenters. The van der Waals surface area contributed by atoms with E-state index in [2.05, 4.69) is 46.1 Å². The fraction of sp³-hybridized carbons (Fsp3) is 0.583. The molecule has 1 aliphatic heterocycles. The molecule has 2 heterocycles. The van der Waals surface area contributed by atoms with Crippen molar-refractivity contribution in [1.82, 2.24) is 4.98 Å². The first kappa shape index (κ1) is 9.64. The SMILES string of the molecule is CC(C)[C@H]1C[C@@]12CNc1ncc(Br)cc12. The summed E-state index contributed by atoms with van der Waals surface area (Å²) < 4.78 is 1.10. The van der Waals surface area contributed by atoms with Crippen LogP contribution in [0, 0.1) is 11.8 Å². The summed E-state index contributed by atoms with van der Waals surface area (Å²) >= 11 is 3.51. The van der Waals surface area contributed by atoms with E-state index < -0.39 is 0 Å². The lowest BCUT2D eigenvalue weighted by molar-refractivity contribution is 0.498. The van der Waals surface area contributed by atoms with Gasteiger partial charge in [-0.25, -0.2) is 4.98 Å². The van der Waals surface area contributed by atoms with Crippen LogP contribution in [0.1, 0.15) is 25.8 Å². The second-order valence-electron chi connectivity index (χ2n) is 5.11. The second-order valence-corrected chi connectivity index (χ2v) is 6.03. The average Bonchev–Trinajstić information content (AvgIpc) is 2.81. The maximum absolute atomic E-state index is 4.43. The third kappa shape index (κ3) is 1.25. The monoisotopic (exact) mass is 266 g/mol. The summed E-state index contributed by atoms with van der Waals surface area (Å²) in [5, 5.41) is 3.43. The van der Waals surface area contributed by atoms with E-state index in [1.807, 2.05) is 6.20 Å². The van der Waals surface area contributed by atoms with Crippen LogP contribution in [0.2, 0.25) is 0 Å². The average molecular weight is 267 g/mol. The zero-order chi connectivity index (χ0) is 10.6. The molecule has 2 nitrogen and oxygen atoms in total. The summed E-state index contributed by atoms with van der Waals surface area (Å²) in [6.07, 6.45) is 3.19. The minimum Gasteiger partial charge on any atom is -0.369 e. The number of nitrogens with zero attached hydrogens (tertiary/aromatic N) is 1. The molecule has 0 bridgehead atoms. The van der Waals surface area contributed by atoms with Crippen molar-refractivity contribution >= 4 is 21.7 Å². The highest BCUT2D eigenvalue weighted by Gasteiger charge is 2.59. The van der Waals surface area contributed by atoms with Gasteiger partial charge in [0, 0.05) is 28.2 Å². The smallest absolute Gasteiger partial charge is 0.129 e. The molecule has 1 aromatic rings. The van der Waals surface area contributed by atoms with Crippen LogP contribution >= 0.6 is 15.9 Å². The summed E-state index contributed by atoms with van der Waals surface area (Å²) in [6, 6.07) is 2.24. The van der Waals surface area contributed by atoms with Crippen molar-refractivity contribution in [3.63, 3.8) is 0 Å². The fourth-order valence-corrected chi connectivity index (χ4v) is 3.35. The Balaban J connectivity index is 2.02. The van der Waals surface area contributed by atoms with Gasteiger partial charge in [0.1, 0.15) is 5.82 Å². The van der Waals surface area contributed by atoms with Crippen molar-refractivity contribution in [2.45, 2.75) is 25.7 Å². The van der Waals surface area contributed by atoms with E-state index in [0.29, 0.717) is 5.41 Å². The van der Waals surface area contributed by atoms with Crippen LogP contribution in [-0.2, 0) is 5.41 Å². The van der Waals surface area contributed by atoms with E-state index in [0.717, 1.165) is 28.7 Å². The Labute approximate surface area is 98.6 Å². The summed E-state index contributed by atoms with van der Waals surface area (Å²) in [6.45, 7) is 5.72. The van der Waals surface area contributed by atoms with Crippen molar-refractivity contribution in [3.8, 4) is 0 Å². The summed E-state index contributed by atoms with van der Waals surface area (Å²) in [7, 11) is 0. The van der Waals surface area contributed by atoms with Gasteiger partial charge >= 0.3 is 0 Å². The van der Waals surface area contributed by atoms with E-state index in [4.69, 9.17) is 0 Å². The lowest BCUT2D eigenvalue weighted by Gasteiger charge is -2.11. The van der Waals surface area contributed by atoms with Gasteiger partial charge in [0.25, 0.3) is 0 Å². The lowest BCUT2D eigenvalue weighted by atomic mass is 9.92. The van der Waals surface area contributed by atoms with E-state index in [-0.39, 0.29) is 0 Å². The van der Waals surface area contributed by atoms with Gasteiger partial charge in [0.05, 0.1) is 0 Å². The van der Waals surface area contributed by atoms with Gasteiger partial charge in [-0.1, -0.05) is 13.8 Å². The van der Waals surface area contributed by atoms with Crippen molar-refractivity contribution in [1.29, 1.82) is 0 Å². The Morgan fingerprint density at radius 3 is 3.07 bits per heavy atom. The minimum atomic E-state index is 0.403. The number of pyridine rings is 1. The molecule has 3 heteroatoms. The van der Waals surface area contributed by atoms with Crippen LogP contribution in [0.5, 0.6) is 0 Å². The maximum Gasteiger partial charge on any atom is 0.129 e. The molecule has 1 aliphatic carbocycles. The highest BCUT2D eigenvalue weighted by Crippen LogP contribution is 2.61. The van der Waals surface area contributed by atoms with Crippen molar-refractivity contribution in [2.24, 2.45) is 11.8 Å². The number of aromatic nitrogens is 1. The van der Waals surface area contributed by atoms with Gasteiger partial charge in [-0.3, -0.25) is 0 Å². The molecule has 1 spiro atoms. The Hall–Kier alpha value is -0.570. The van der Waals surface area contributed by atoms with Crippen LogP contribution in [0.3, 0.4) is 0 Å². The van der Waals surface area contributed by atoms with Gasteiger partial charge in [-0.05, 0) is 40.3 Å². The molecular formula is C12H15BrN2. The largest absolute Gasteiger partial charge is 0.369 e. The topological polar surface area (TPSA) is 24.9 Å². The molecule has 15 heavy (non-hydrogen) atoms. The number of nitrogens with one attached hydrogen (secondary N) is 1. The van der Waals surface area contributed by atoms with Gasteiger partial charge in [0.15, 0.2) is 0 Å². The van der Waals surface area contributed by atoms with E-state index >= 15 is 0 Å². The quantitative estimate of drug-likeness (QED) is 0.845. The molecule has 0 aromatic carbocycles. The zero-order valence-corrected chi connectivity index (χ0v) is 10.6. The van der Waals surface area contributed by atoms with E-state index in [1.165, 1.54) is 12.0 Å². The summed E-state index contributed by atoms with van der Waals surface area (Å²) in [5.74, 6) is 2.71. The van der Waals surface area contributed by atoms with Crippen LogP contribution in [0.4, 0.5) is 5.82 Å². The Morgan fingerprint density at radius 1 is 1.60 bits per heavy atom. The standard InChI is InChI=1S/C12H15BrN2/c1-7(2)10-4-12(10)6-15-11-9(12)3-8(13)5-14-11/h3,5,7,10H,4,6H2,1-2H3,(H,14,15)/t10-,12+/m1/s1. The van der Waals surface area contributed by atoms with Gasteiger partial charge < -0.3 is 5.32 Å². The zero-order valence-electron chi connectivity index (χ0n) is 9.05. The summed E-state index contributed by atoms with van der Waals surface area (Å²) in [5.41, 5.74) is 1.83. The third-order valence-electron chi connectivity index (χ3n) is 3.90. The predicted octanol–water partition coefficient (Wildman–Crippen LogP) is 3.18. The molecule has 2 aliphatic rings. The third-order valence-corrected chi connectivity index (χ3v) is 4.33. The van der Waals surface area contributed by atoms with Crippen LogP contribution in [0.15, 0.2) is 16.7 Å². The first-order valence-electron chi connectivity index (χ1n) is 5.53. The van der Waals surface area contributed by atoms with Gasteiger partial charge in [-0.15, -0.1) is 0 Å². The molecule has 1 saturated carbocycles. The molecule has 1 aromatic heterocycles. The minimum absolute atomic E-state index is 0.403. The molecule has 0 radical (unpaired) electrons. The number of anilines is 1. The van der Waals surface area contributed by atoms with Gasteiger partial charge in [0.2, 0.25) is 0 Å². The van der Waals surface area contributed by atoms with Crippen molar-refractivity contribution < 1.29 is 0 Å². The predicted molar refractivity (Wildman–Crippen MR) is 65.0 cm³/mol. The van der Waals surface area contributed by atoms with Gasteiger partial charge in [-0.2, -0.15) is 0 Å². The molecule has 1 fully saturated rings. The molecule has 80 valence electrons. The van der Waals surface area contributed by atoms with Crippen molar-refractivity contribution in [3.05, 3.63) is 22.3 Å². The van der Waals surface area contributed by atoms with E-state index in [9.17, 15) is 0 Å². The Bertz CT molecular complexity index is 416. The highest BCUT2D eigenvalue weighted by molar-refractivity contribution is 9.10. The molecule has 0 saturated heterocycles. The van der Waals surface area contributed by atoms with Crippen molar-refractivity contribution in [2.75, 3.05) is 11.9 Å². The second kappa shape index (κ2) is 2.97. The number of fused-ring (bicyclic) bond motifs is 2. The van der Waals surface area contributed by atoms with Crippen LogP contribution in [-0.4, -0.2) is 11.5 Å². The lowest BCUT2D eigenvalue weighted by Crippen LogP contribution is -2.15. The first-order chi connectivity index (χ1) is 7.13. The molecule has 3 rings (SSSR count). The molecular weight excluding hydrogens is 252 g/mol. The van der Waals surface area contributed by atoms with E-state index in [1.54, 1.807) is 0 Å². The molecule has 0 amide bonds. The Morgan fingerprint density at radius 2 is 2.40 bits per heavy atom. The van der Waals surface area contributed by atoms with Crippen LogP contribution in [0.25, 0.3) is 0 Å². The maximum atomic E-state index is 4.43. The Kier molecular flexibility index (Phi) is 1.91. The first-order valence-corrected chi connectivity index (χ1v) is 6.33. The highest BCUT2D eigenvalue weighted by atomic mass is 79.9. The number of rotatable bonds is 1.